The van der Waals surface area contributed by atoms with Gasteiger partial charge < -0.3 is 9.47 Å². The van der Waals surface area contributed by atoms with Crippen LogP contribution in [0.3, 0.4) is 0 Å². The fraction of sp³-hybridized carbons (Fsp3) is 0.238. The van der Waals surface area contributed by atoms with E-state index in [0.717, 1.165) is 5.01 Å². The molecule has 1 N–H and O–H groups in total. The van der Waals surface area contributed by atoms with Gasteiger partial charge in [-0.05, 0) is 18.2 Å². The third kappa shape index (κ3) is 5.06. The number of amides is 2. The maximum Gasteiger partial charge on any atom is 0.311 e. The molecule has 1 saturated heterocycles. The number of carbonyl (C=O) groups is 4. The molecule has 1 heterocycles. The molecule has 166 valence electrons. The van der Waals surface area contributed by atoms with Crippen molar-refractivity contribution in [3.8, 4) is 5.75 Å². The molecule has 0 radical (unpaired) electrons. The Morgan fingerprint density at radius 1 is 1.19 bits per heavy atom. The number of hydrazine groups is 1. The molecule has 2 amide bonds. The zero-order valence-corrected chi connectivity index (χ0v) is 17.0. The van der Waals surface area contributed by atoms with E-state index in [9.17, 15) is 29.3 Å². The molecule has 0 aromatic heterocycles. The van der Waals surface area contributed by atoms with Crippen molar-refractivity contribution in [2.45, 2.75) is 6.42 Å². The minimum absolute atomic E-state index is 0.183. The summed E-state index contributed by atoms with van der Waals surface area (Å²) >= 11 is 0. The number of nitrogens with zero attached hydrogens (tertiary/aromatic N) is 2. The van der Waals surface area contributed by atoms with Gasteiger partial charge in [-0.15, -0.1) is 0 Å². The summed E-state index contributed by atoms with van der Waals surface area (Å²) in [5.41, 5.74) is 1.95. The van der Waals surface area contributed by atoms with E-state index in [0.29, 0.717) is 11.3 Å². The van der Waals surface area contributed by atoms with Crippen LogP contribution in [0.5, 0.6) is 5.75 Å². The van der Waals surface area contributed by atoms with Crippen LogP contribution in [0.1, 0.15) is 27.1 Å². The molecule has 1 fully saturated rings. The number of rotatable bonds is 8. The average Bonchev–Trinajstić information content (AvgIpc) is 3.17. The smallest absolute Gasteiger partial charge is 0.311 e. The minimum Gasteiger partial charge on any atom is -0.497 e. The van der Waals surface area contributed by atoms with Gasteiger partial charge in [0.25, 0.3) is 11.6 Å². The fourth-order valence-corrected chi connectivity index (χ4v) is 3.12. The molecule has 11 nitrogen and oxygen atoms in total. The number of esters is 1. The first-order chi connectivity index (χ1) is 15.3. The number of carbonyl (C=O) groups excluding carboxylic acids is 4. The van der Waals surface area contributed by atoms with E-state index in [-0.39, 0.29) is 18.5 Å². The van der Waals surface area contributed by atoms with Crippen molar-refractivity contribution >= 4 is 29.3 Å². The van der Waals surface area contributed by atoms with Crippen LogP contribution in [-0.4, -0.2) is 53.8 Å². The van der Waals surface area contributed by atoms with Gasteiger partial charge >= 0.3 is 5.97 Å². The second kappa shape index (κ2) is 9.69. The number of methoxy groups -OCH3 is 1. The Labute approximate surface area is 182 Å². The fourth-order valence-electron chi connectivity index (χ4n) is 3.12. The van der Waals surface area contributed by atoms with Gasteiger partial charge in [0.05, 0.1) is 24.5 Å². The van der Waals surface area contributed by atoms with Crippen LogP contribution in [0.25, 0.3) is 0 Å². The predicted octanol–water partition coefficient (Wildman–Crippen LogP) is 1.52. The Balaban J connectivity index is 1.57. The van der Waals surface area contributed by atoms with Gasteiger partial charge in [0.1, 0.15) is 11.3 Å². The maximum absolute atomic E-state index is 12.4. The Hall–Kier alpha value is -4.28. The van der Waals surface area contributed by atoms with Gasteiger partial charge in [0.2, 0.25) is 5.91 Å². The van der Waals surface area contributed by atoms with Crippen molar-refractivity contribution in [2.75, 3.05) is 20.3 Å². The highest BCUT2D eigenvalue weighted by molar-refractivity contribution is 6.00. The second-order valence-corrected chi connectivity index (χ2v) is 6.88. The van der Waals surface area contributed by atoms with Crippen LogP contribution in [0, 0.1) is 16.0 Å². The zero-order chi connectivity index (χ0) is 23.3. The molecule has 3 rings (SSSR count). The van der Waals surface area contributed by atoms with Crippen LogP contribution in [-0.2, 0) is 14.3 Å². The van der Waals surface area contributed by atoms with Crippen LogP contribution >= 0.6 is 0 Å². The number of nitro groups is 1. The lowest BCUT2D eigenvalue weighted by atomic mass is 10.1. The Morgan fingerprint density at radius 3 is 2.66 bits per heavy atom. The number of nitro benzene ring substituents is 1. The summed E-state index contributed by atoms with van der Waals surface area (Å²) in [6, 6.07) is 11.6. The first-order valence-corrected chi connectivity index (χ1v) is 9.48. The second-order valence-electron chi connectivity index (χ2n) is 6.88. The lowest BCUT2D eigenvalue weighted by Gasteiger charge is -2.17. The molecule has 0 unspecified atom stereocenters. The van der Waals surface area contributed by atoms with Gasteiger partial charge in [-0.3, -0.25) is 39.7 Å². The van der Waals surface area contributed by atoms with Crippen LogP contribution < -0.4 is 10.2 Å². The molecular weight excluding hydrogens is 422 g/mol. The summed E-state index contributed by atoms with van der Waals surface area (Å²) in [6.07, 6.45) is -0.233. The van der Waals surface area contributed by atoms with E-state index in [1.165, 1.54) is 37.4 Å². The largest absolute Gasteiger partial charge is 0.497 e. The molecule has 0 bridgehead atoms. The SMILES string of the molecule is COc1cccc(C(=O)COC(=O)[C@H]2CC(=O)N(NC(=O)c3ccccc3[N+](=O)[O-])C2)c1. The highest BCUT2D eigenvalue weighted by Crippen LogP contribution is 2.21. The van der Waals surface area contributed by atoms with Crippen LogP contribution in [0.15, 0.2) is 48.5 Å². The Morgan fingerprint density at radius 2 is 1.94 bits per heavy atom. The highest BCUT2D eigenvalue weighted by atomic mass is 16.6. The summed E-state index contributed by atoms with van der Waals surface area (Å²) < 4.78 is 10.1. The van der Waals surface area contributed by atoms with Gasteiger partial charge in [-0.1, -0.05) is 24.3 Å². The predicted molar refractivity (Wildman–Crippen MR) is 109 cm³/mol. The third-order valence-electron chi connectivity index (χ3n) is 4.78. The normalized spacial score (nSPS) is 15.2. The minimum atomic E-state index is -0.897. The van der Waals surface area contributed by atoms with Crippen molar-refractivity contribution in [3.05, 3.63) is 69.8 Å². The van der Waals surface area contributed by atoms with Crippen molar-refractivity contribution in [2.24, 2.45) is 5.92 Å². The zero-order valence-electron chi connectivity index (χ0n) is 17.0. The van der Waals surface area contributed by atoms with Gasteiger partial charge in [-0.2, -0.15) is 0 Å². The standard InChI is InChI=1S/C21H19N3O8/c1-31-15-6-4-5-13(9-15)18(25)12-32-21(28)14-10-19(26)23(11-14)22-20(27)16-7-2-3-8-17(16)24(29)30/h2-9,14H,10-12H2,1H3,(H,22,27)/t14-/m0/s1. The third-order valence-corrected chi connectivity index (χ3v) is 4.78. The topological polar surface area (TPSA) is 145 Å². The molecule has 11 heteroatoms. The molecular formula is C21H19N3O8. The summed E-state index contributed by atoms with van der Waals surface area (Å²) in [4.78, 5) is 59.5. The van der Waals surface area contributed by atoms with Crippen molar-refractivity contribution in [1.29, 1.82) is 0 Å². The summed E-state index contributed by atoms with van der Waals surface area (Å²) in [6.45, 7) is -0.698. The van der Waals surface area contributed by atoms with Crippen LogP contribution in [0.2, 0.25) is 0 Å². The van der Waals surface area contributed by atoms with E-state index in [1.54, 1.807) is 18.2 Å². The monoisotopic (exact) mass is 441 g/mol. The molecule has 0 saturated carbocycles. The summed E-state index contributed by atoms with van der Waals surface area (Å²) in [5, 5.41) is 12.0. The molecule has 2 aromatic carbocycles. The number of hydrogen-bond acceptors (Lipinski definition) is 8. The van der Waals surface area contributed by atoms with E-state index >= 15 is 0 Å². The van der Waals surface area contributed by atoms with Crippen molar-refractivity contribution in [1.82, 2.24) is 10.4 Å². The van der Waals surface area contributed by atoms with Crippen molar-refractivity contribution < 1.29 is 33.6 Å². The number of nitrogens with one attached hydrogen (secondary N) is 1. The molecule has 2 aromatic rings. The van der Waals surface area contributed by atoms with E-state index in [2.05, 4.69) is 5.43 Å². The highest BCUT2D eigenvalue weighted by Gasteiger charge is 2.37. The van der Waals surface area contributed by atoms with Crippen LogP contribution in [0.4, 0.5) is 5.69 Å². The van der Waals surface area contributed by atoms with Gasteiger partial charge in [0.15, 0.2) is 12.4 Å². The number of hydrogen-bond donors (Lipinski definition) is 1. The number of ether oxygens (including phenoxy) is 2. The number of para-hydroxylation sites is 1. The van der Waals surface area contributed by atoms with E-state index in [1.807, 2.05) is 0 Å². The molecule has 0 aliphatic carbocycles. The maximum atomic E-state index is 12.4. The van der Waals surface area contributed by atoms with Gasteiger partial charge in [-0.25, -0.2) is 0 Å². The molecule has 1 aliphatic heterocycles. The quantitative estimate of drug-likeness (QED) is 0.281. The van der Waals surface area contributed by atoms with E-state index in [4.69, 9.17) is 9.47 Å². The molecule has 32 heavy (non-hydrogen) atoms. The molecule has 0 spiro atoms. The van der Waals surface area contributed by atoms with Gasteiger partial charge in [0, 0.05) is 18.1 Å². The molecule has 1 aliphatic rings. The Bertz CT molecular complexity index is 1080. The average molecular weight is 441 g/mol. The lowest BCUT2D eigenvalue weighted by Crippen LogP contribution is -2.43. The summed E-state index contributed by atoms with van der Waals surface area (Å²) in [7, 11) is 1.46. The first kappa shape index (κ1) is 22.4. The summed E-state index contributed by atoms with van der Waals surface area (Å²) in [5.74, 6) is -3.04. The number of Topliss-reactive ketones (excluding diaryl/α,β-unsaturated/α-hetero) is 1. The lowest BCUT2D eigenvalue weighted by molar-refractivity contribution is -0.385. The van der Waals surface area contributed by atoms with E-state index < -0.39 is 46.7 Å². The Kier molecular flexibility index (Phi) is 6.78. The number of benzene rings is 2. The van der Waals surface area contributed by atoms with Crippen molar-refractivity contribution in [3.63, 3.8) is 0 Å². The number of ketones is 1. The first-order valence-electron chi connectivity index (χ1n) is 9.48. The molecule has 1 atom stereocenters.